The lowest BCUT2D eigenvalue weighted by molar-refractivity contribution is 0.392. The van der Waals surface area contributed by atoms with Crippen molar-refractivity contribution in [3.63, 3.8) is 0 Å². The van der Waals surface area contributed by atoms with Crippen LogP contribution in [-0.2, 0) is 6.42 Å². The third-order valence-electron chi connectivity index (χ3n) is 2.74. The first-order chi connectivity index (χ1) is 8.56. The Morgan fingerprint density at radius 1 is 1.33 bits per heavy atom. The van der Waals surface area contributed by atoms with Gasteiger partial charge >= 0.3 is 0 Å². The van der Waals surface area contributed by atoms with E-state index in [1.165, 1.54) is 0 Å². The van der Waals surface area contributed by atoms with Gasteiger partial charge in [-0.15, -0.1) is 0 Å². The van der Waals surface area contributed by atoms with Gasteiger partial charge in [0.15, 0.2) is 5.82 Å². The van der Waals surface area contributed by atoms with E-state index < -0.39 is 0 Å². The first-order valence-electron chi connectivity index (χ1n) is 5.90. The Morgan fingerprint density at radius 2 is 2.11 bits per heavy atom. The molecule has 1 heterocycles. The summed E-state index contributed by atoms with van der Waals surface area (Å²) in [5, 5.41) is 3.98. The van der Waals surface area contributed by atoms with Crippen LogP contribution in [0.4, 0.5) is 5.69 Å². The van der Waals surface area contributed by atoms with Crippen LogP contribution >= 0.6 is 0 Å². The minimum atomic E-state index is 0.536. The van der Waals surface area contributed by atoms with Gasteiger partial charge in [0.1, 0.15) is 0 Å². The normalized spacial score (nSPS) is 11.1. The van der Waals surface area contributed by atoms with Crippen molar-refractivity contribution >= 4 is 5.69 Å². The molecular formula is C13H18N4O. The predicted molar refractivity (Wildman–Crippen MR) is 71.1 cm³/mol. The minimum Gasteiger partial charge on any atom is -0.399 e. The van der Waals surface area contributed by atoms with E-state index in [4.69, 9.17) is 10.3 Å². The van der Waals surface area contributed by atoms with Crippen LogP contribution in [0.1, 0.15) is 11.4 Å². The third kappa shape index (κ3) is 2.87. The number of benzene rings is 1. The first-order valence-corrected chi connectivity index (χ1v) is 5.90. The summed E-state index contributed by atoms with van der Waals surface area (Å²) in [5.74, 6) is 1.26. The molecule has 0 bridgehead atoms. The van der Waals surface area contributed by atoms with Crippen molar-refractivity contribution in [2.75, 3.05) is 26.4 Å². The smallest absolute Gasteiger partial charge is 0.258 e. The molecular weight excluding hydrogens is 228 g/mol. The standard InChI is InChI=1S/C13H18N4O/c1-9-4-5-10(14)8-11(9)13-15-12(16-18-13)6-7-17(2)3/h4-5,8H,6-7,14H2,1-3H3. The molecule has 96 valence electrons. The second-order valence-corrected chi connectivity index (χ2v) is 4.64. The third-order valence-corrected chi connectivity index (χ3v) is 2.74. The number of aryl methyl sites for hydroxylation is 1. The average molecular weight is 246 g/mol. The van der Waals surface area contributed by atoms with E-state index in [9.17, 15) is 0 Å². The molecule has 0 amide bonds. The summed E-state index contributed by atoms with van der Waals surface area (Å²) in [6.45, 7) is 2.90. The van der Waals surface area contributed by atoms with Crippen molar-refractivity contribution in [3.8, 4) is 11.5 Å². The number of likely N-dealkylation sites (N-methyl/N-ethyl adjacent to an activating group) is 1. The maximum Gasteiger partial charge on any atom is 0.258 e. The number of aromatic nitrogens is 2. The second kappa shape index (κ2) is 5.18. The van der Waals surface area contributed by atoms with E-state index in [0.717, 1.165) is 29.9 Å². The molecule has 0 aliphatic rings. The summed E-state index contributed by atoms with van der Waals surface area (Å²) >= 11 is 0. The molecule has 0 aliphatic carbocycles. The Morgan fingerprint density at radius 3 is 2.83 bits per heavy atom. The molecule has 1 aromatic carbocycles. The van der Waals surface area contributed by atoms with Crippen molar-refractivity contribution < 1.29 is 4.52 Å². The first kappa shape index (κ1) is 12.6. The zero-order valence-electron chi connectivity index (χ0n) is 11.0. The van der Waals surface area contributed by atoms with Gasteiger partial charge in [-0.3, -0.25) is 0 Å². The van der Waals surface area contributed by atoms with Gasteiger partial charge in [0.05, 0.1) is 0 Å². The molecule has 0 unspecified atom stereocenters. The lowest BCUT2D eigenvalue weighted by atomic mass is 10.1. The van der Waals surface area contributed by atoms with E-state index in [0.29, 0.717) is 11.6 Å². The van der Waals surface area contributed by atoms with Gasteiger partial charge in [0, 0.05) is 24.2 Å². The number of rotatable bonds is 4. The molecule has 0 saturated carbocycles. The maximum absolute atomic E-state index is 5.77. The molecule has 0 spiro atoms. The Hall–Kier alpha value is -1.88. The van der Waals surface area contributed by atoms with E-state index >= 15 is 0 Å². The molecule has 18 heavy (non-hydrogen) atoms. The number of nitrogens with zero attached hydrogens (tertiary/aromatic N) is 3. The highest BCUT2D eigenvalue weighted by atomic mass is 16.5. The highest BCUT2D eigenvalue weighted by Crippen LogP contribution is 2.23. The van der Waals surface area contributed by atoms with Gasteiger partial charge in [-0.2, -0.15) is 4.98 Å². The maximum atomic E-state index is 5.77. The summed E-state index contributed by atoms with van der Waals surface area (Å²) in [5.41, 5.74) is 8.45. The van der Waals surface area contributed by atoms with Gasteiger partial charge < -0.3 is 15.2 Å². The molecule has 0 aliphatic heterocycles. The lowest BCUT2D eigenvalue weighted by Gasteiger charge is -2.05. The largest absolute Gasteiger partial charge is 0.399 e. The SMILES string of the molecule is Cc1ccc(N)cc1-c1nc(CCN(C)C)no1. The van der Waals surface area contributed by atoms with Crippen LogP contribution < -0.4 is 5.73 Å². The quantitative estimate of drug-likeness (QED) is 0.832. The van der Waals surface area contributed by atoms with Crippen LogP contribution in [0.5, 0.6) is 0 Å². The van der Waals surface area contributed by atoms with E-state index in [2.05, 4.69) is 15.0 Å². The summed E-state index contributed by atoms with van der Waals surface area (Å²) < 4.78 is 5.28. The molecule has 5 heteroatoms. The van der Waals surface area contributed by atoms with Crippen molar-refractivity contribution in [1.82, 2.24) is 15.0 Å². The molecule has 0 fully saturated rings. The molecule has 0 radical (unpaired) electrons. The zero-order chi connectivity index (χ0) is 13.1. The molecule has 0 atom stereocenters. The van der Waals surface area contributed by atoms with Crippen LogP contribution in [0, 0.1) is 6.92 Å². The van der Waals surface area contributed by atoms with Crippen LogP contribution in [-0.4, -0.2) is 35.7 Å². The Bertz CT molecular complexity index is 534. The van der Waals surface area contributed by atoms with E-state index in [-0.39, 0.29) is 0 Å². The topological polar surface area (TPSA) is 68.2 Å². The van der Waals surface area contributed by atoms with E-state index in [1.54, 1.807) is 0 Å². The van der Waals surface area contributed by atoms with Crippen molar-refractivity contribution in [2.45, 2.75) is 13.3 Å². The van der Waals surface area contributed by atoms with Crippen molar-refractivity contribution in [2.24, 2.45) is 0 Å². The molecule has 2 rings (SSSR count). The van der Waals surface area contributed by atoms with Crippen LogP contribution in [0.2, 0.25) is 0 Å². The van der Waals surface area contributed by atoms with Gasteiger partial charge in [-0.25, -0.2) is 0 Å². The number of anilines is 1. The van der Waals surface area contributed by atoms with Gasteiger partial charge in [0.25, 0.3) is 5.89 Å². The Labute approximate surface area is 107 Å². The highest BCUT2D eigenvalue weighted by Gasteiger charge is 2.11. The molecule has 0 saturated heterocycles. The number of hydrogen-bond acceptors (Lipinski definition) is 5. The molecule has 5 nitrogen and oxygen atoms in total. The monoisotopic (exact) mass is 246 g/mol. The lowest BCUT2D eigenvalue weighted by Crippen LogP contribution is -2.15. The van der Waals surface area contributed by atoms with Crippen LogP contribution in [0.15, 0.2) is 22.7 Å². The molecule has 2 N–H and O–H groups in total. The number of nitrogens with two attached hydrogens (primary N) is 1. The summed E-state index contributed by atoms with van der Waals surface area (Å²) in [6.07, 6.45) is 0.776. The van der Waals surface area contributed by atoms with Crippen LogP contribution in [0.3, 0.4) is 0 Å². The van der Waals surface area contributed by atoms with Gasteiger partial charge in [0.2, 0.25) is 0 Å². The fraction of sp³-hybridized carbons (Fsp3) is 0.385. The minimum absolute atomic E-state index is 0.536. The average Bonchev–Trinajstić information content (AvgIpc) is 2.78. The number of hydrogen-bond donors (Lipinski definition) is 1. The van der Waals surface area contributed by atoms with Crippen molar-refractivity contribution in [3.05, 3.63) is 29.6 Å². The predicted octanol–water partition coefficient (Wildman–Crippen LogP) is 1.73. The zero-order valence-corrected chi connectivity index (χ0v) is 11.0. The summed E-state index contributed by atoms with van der Waals surface area (Å²) in [7, 11) is 4.03. The highest BCUT2D eigenvalue weighted by molar-refractivity contribution is 5.63. The Balaban J connectivity index is 2.21. The molecule has 2 aromatic rings. The van der Waals surface area contributed by atoms with Crippen molar-refractivity contribution in [1.29, 1.82) is 0 Å². The number of nitrogen functional groups attached to an aromatic ring is 1. The van der Waals surface area contributed by atoms with Crippen LogP contribution in [0.25, 0.3) is 11.5 Å². The van der Waals surface area contributed by atoms with Gasteiger partial charge in [-0.05, 0) is 38.7 Å². The van der Waals surface area contributed by atoms with E-state index in [1.807, 2.05) is 39.2 Å². The summed E-state index contributed by atoms with van der Waals surface area (Å²) in [4.78, 5) is 6.48. The fourth-order valence-corrected chi connectivity index (χ4v) is 1.66. The Kier molecular flexibility index (Phi) is 3.62. The van der Waals surface area contributed by atoms with Gasteiger partial charge in [-0.1, -0.05) is 11.2 Å². The molecule has 1 aromatic heterocycles. The summed E-state index contributed by atoms with van der Waals surface area (Å²) in [6, 6.07) is 5.68. The second-order valence-electron chi connectivity index (χ2n) is 4.64. The fourth-order valence-electron chi connectivity index (χ4n) is 1.66.